The van der Waals surface area contributed by atoms with E-state index in [0.29, 0.717) is 12.1 Å². The minimum atomic E-state index is -3.77. The van der Waals surface area contributed by atoms with E-state index < -0.39 is 10.0 Å². The first-order valence-corrected chi connectivity index (χ1v) is 7.92. The van der Waals surface area contributed by atoms with E-state index in [4.69, 9.17) is 5.14 Å². The van der Waals surface area contributed by atoms with Gasteiger partial charge < -0.3 is 5.32 Å². The SMILES string of the molecule is NS(=O)(=O)c1cccc(C(=O)NCCC2CCC2)c1. The number of hydrogen-bond donors (Lipinski definition) is 2. The number of primary sulfonamides is 1. The van der Waals surface area contributed by atoms with Crippen LogP contribution in [-0.2, 0) is 10.0 Å². The number of nitrogens with two attached hydrogens (primary N) is 1. The summed E-state index contributed by atoms with van der Waals surface area (Å²) in [5.41, 5.74) is 0.320. The maximum Gasteiger partial charge on any atom is 0.251 e. The number of benzene rings is 1. The Morgan fingerprint density at radius 1 is 1.37 bits per heavy atom. The zero-order valence-corrected chi connectivity index (χ0v) is 11.4. The second kappa shape index (κ2) is 5.71. The summed E-state index contributed by atoms with van der Waals surface area (Å²) in [4.78, 5) is 11.8. The summed E-state index contributed by atoms with van der Waals surface area (Å²) in [6, 6.07) is 5.77. The molecule has 1 amide bonds. The van der Waals surface area contributed by atoms with Crippen LogP contribution in [0.1, 0.15) is 36.0 Å². The lowest BCUT2D eigenvalue weighted by Crippen LogP contribution is -2.27. The zero-order valence-electron chi connectivity index (χ0n) is 10.6. The van der Waals surface area contributed by atoms with Crippen LogP contribution >= 0.6 is 0 Å². The average Bonchev–Trinajstić information content (AvgIpc) is 2.31. The van der Waals surface area contributed by atoms with Crippen molar-refractivity contribution >= 4 is 15.9 Å². The molecule has 0 radical (unpaired) electrons. The highest BCUT2D eigenvalue weighted by Crippen LogP contribution is 2.28. The van der Waals surface area contributed by atoms with Crippen molar-refractivity contribution in [1.29, 1.82) is 0 Å². The van der Waals surface area contributed by atoms with Crippen LogP contribution in [-0.4, -0.2) is 20.9 Å². The highest BCUT2D eigenvalue weighted by Gasteiger charge is 2.17. The molecule has 0 unspecified atom stereocenters. The Bertz CT molecular complexity index is 565. The van der Waals surface area contributed by atoms with Crippen LogP contribution in [0.15, 0.2) is 29.2 Å². The van der Waals surface area contributed by atoms with Crippen molar-refractivity contribution < 1.29 is 13.2 Å². The van der Waals surface area contributed by atoms with Gasteiger partial charge in [-0.3, -0.25) is 4.79 Å². The van der Waals surface area contributed by atoms with E-state index >= 15 is 0 Å². The van der Waals surface area contributed by atoms with E-state index in [2.05, 4.69) is 5.32 Å². The lowest BCUT2D eigenvalue weighted by molar-refractivity contribution is 0.0949. The number of amides is 1. The molecular weight excluding hydrogens is 264 g/mol. The first kappa shape index (κ1) is 14.0. The van der Waals surface area contributed by atoms with E-state index in [-0.39, 0.29) is 10.8 Å². The number of carbonyl (C=O) groups excluding carboxylic acids is 1. The molecule has 1 fully saturated rings. The molecule has 5 nitrogen and oxygen atoms in total. The molecule has 1 aromatic rings. The quantitative estimate of drug-likeness (QED) is 0.851. The molecule has 104 valence electrons. The first-order valence-electron chi connectivity index (χ1n) is 6.38. The summed E-state index contributed by atoms with van der Waals surface area (Å²) in [6.07, 6.45) is 4.77. The minimum absolute atomic E-state index is 0.0425. The second-order valence-electron chi connectivity index (χ2n) is 4.91. The maximum atomic E-state index is 11.9. The first-order chi connectivity index (χ1) is 8.97. The molecule has 3 N–H and O–H groups in total. The van der Waals surface area contributed by atoms with E-state index in [1.54, 1.807) is 6.07 Å². The largest absolute Gasteiger partial charge is 0.352 e. The van der Waals surface area contributed by atoms with E-state index in [1.807, 2.05) is 0 Å². The van der Waals surface area contributed by atoms with Crippen molar-refractivity contribution in [3.8, 4) is 0 Å². The molecule has 1 saturated carbocycles. The lowest BCUT2D eigenvalue weighted by Gasteiger charge is -2.25. The van der Waals surface area contributed by atoms with Crippen molar-refractivity contribution in [2.45, 2.75) is 30.6 Å². The standard InChI is InChI=1S/C13H18N2O3S/c14-19(17,18)12-6-2-5-11(9-12)13(16)15-8-7-10-3-1-4-10/h2,5-6,9-10H,1,3-4,7-8H2,(H,15,16)(H2,14,17,18). The van der Waals surface area contributed by atoms with E-state index in [0.717, 1.165) is 12.3 Å². The third kappa shape index (κ3) is 3.78. The molecule has 1 aliphatic carbocycles. The Hall–Kier alpha value is -1.40. The third-order valence-electron chi connectivity index (χ3n) is 3.49. The van der Waals surface area contributed by atoms with Crippen molar-refractivity contribution in [3.63, 3.8) is 0 Å². The number of carbonyl (C=O) groups is 1. The van der Waals surface area contributed by atoms with Gasteiger partial charge in [0.2, 0.25) is 10.0 Å². The van der Waals surface area contributed by atoms with Gasteiger partial charge in [0.05, 0.1) is 4.90 Å². The van der Waals surface area contributed by atoms with Gasteiger partial charge in [-0.2, -0.15) is 0 Å². The topological polar surface area (TPSA) is 89.3 Å². The summed E-state index contributed by atoms with van der Waals surface area (Å²) in [5.74, 6) is 0.473. The van der Waals surface area contributed by atoms with Gasteiger partial charge in [0.25, 0.3) is 5.91 Å². The summed E-state index contributed by atoms with van der Waals surface area (Å²) in [5, 5.41) is 7.83. The molecule has 0 saturated heterocycles. The summed E-state index contributed by atoms with van der Waals surface area (Å²) in [6.45, 7) is 0.628. The van der Waals surface area contributed by atoms with Crippen molar-refractivity contribution in [1.82, 2.24) is 5.32 Å². The average molecular weight is 282 g/mol. The highest BCUT2D eigenvalue weighted by atomic mass is 32.2. The Labute approximate surface area is 113 Å². The number of sulfonamides is 1. The molecular formula is C13H18N2O3S. The lowest BCUT2D eigenvalue weighted by atomic mass is 9.83. The molecule has 0 bridgehead atoms. The Morgan fingerprint density at radius 2 is 2.11 bits per heavy atom. The van der Waals surface area contributed by atoms with Gasteiger partial charge in [0.15, 0.2) is 0 Å². The van der Waals surface area contributed by atoms with Crippen LogP contribution in [0.4, 0.5) is 0 Å². The molecule has 6 heteroatoms. The molecule has 0 aromatic heterocycles. The summed E-state index contributed by atoms with van der Waals surface area (Å²) in [7, 11) is -3.77. The summed E-state index contributed by atoms with van der Waals surface area (Å²) < 4.78 is 22.4. The van der Waals surface area contributed by atoms with Gasteiger partial charge in [0.1, 0.15) is 0 Å². The fourth-order valence-electron chi connectivity index (χ4n) is 2.09. The molecule has 0 spiro atoms. The summed E-state index contributed by atoms with van der Waals surface area (Å²) >= 11 is 0. The van der Waals surface area contributed by atoms with Gasteiger partial charge in [-0.25, -0.2) is 13.6 Å². The van der Waals surface area contributed by atoms with E-state index in [1.165, 1.54) is 37.5 Å². The predicted octanol–water partition coefficient (Wildman–Crippen LogP) is 1.25. The van der Waals surface area contributed by atoms with Gasteiger partial charge >= 0.3 is 0 Å². The van der Waals surface area contributed by atoms with Crippen LogP contribution in [0.25, 0.3) is 0 Å². The Kier molecular flexibility index (Phi) is 4.21. The van der Waals surface area contributed by atoms with Crippen molar-refractivity contribution in [2.24, 2.45) is 11.1 Å². The van der Waals surface area contributed by atoms with Crippen molar-refractivity contribution in [3.05, 3.63) is 29.8 Å². The fraction of sp³-hybridized carbons (Fsp3) is 0.462. The molecule has 0 atom stereocenters. The molecule has 0 heterocycles. The van der Waals surface area contributed by atoms with Crippen LogP contribution < -0.4 is 10.5 Å². The smallest absolute Gasteiger partial charge is 0.251 e. The van der Waals surface area contributed by atoms with Crippen LogP contribution in [0.3, 0.4) is 0 Å². The van der Waals surface area contributed by atoms with Gasteiger partial charge in [-0.05, 0) is 30.5 Å². The number of rotatable bonds is 5. The number of nitrogens with one attached hydrogen (secondary N) is 1. The predicted molar refractivity (Wildman–Crippen MR) is 72.1 cm³/mol. The fourth-order valence-corrected chi connectivity index (χ4v) is 2.65. The van der Waals surface area contributed by atoms with Crippen molar-refractivity contribution in [2.75, 3.05) is 6.54 Å². The van der Waals surface area contributed by atoms with Gasteiger partial charge in [0, 0.05) is 12.1 Å². The monoisotopic (exact) mass is 282 g/mol. The molecule has 1 aliphatic rings. The van der Waals surface area contributed by atoms with Crippen LogP contribution in [0.5, 0.6) is 0 Å². The second-order valence-corrected chi connectivity index (χ2v) is 6.48. The zero-order chi connectivity index (χ0) is 13.9. The molecule has 19 heavy (non-hydrogen) atoms. The Morgan fingerprint density at radius 3 is 2.68 bits per heavy atom. The molecule has 0 aliphatic heterocycles. The molecule has 1 aromatic carbocycles. The van der Waals surface area contributed by atoms with Crippen LogP contribution in [0, 0.1) is 5.92 Å². The van der Waals surface area contributed by atoms with Crippen LogP contribution in [0.2, 0.25) is 0 Å². The molecule has 2 rings (SSSR count). The van der Waals surface area contributed by atoms with Gasteiger partial charge in [-0.1, -0.05) is 25.3 Å². The minimum Gasteiger partial charge on any atom is -0.352 e. The highest BCUT2D eigenvalue weighted by molar-refractivity contribution is 7.89. The normalized spacial score (nSPS) is 15.8. The third-order valence-corrected chi connectivity index (χ3v) is 4.40. The van der Waals surface area contributed by atoms with Gasteiger partial charge in [-0.15, -0.1) is 0 Å². The maximum absolute atomic E-state index is 11.9. The Balaban J connectivity index is 1.94. The van der Waals surface area contributed by atoms with E-state index in [9.17, 15) is 13.2 Å². The number of hydrogen-bond acceptors (Lipinski definition) is 3.